The summed E-state index contributed by atoms with van der Waals surface area (Å²) in [4.78, 5) is 13.4. The van der Waals surface area contributed by atoms with Gasteiger partial charge in [-0.1, -0.05) is 42.0 Å². The summed E-state index contributed by atoms with van der Waals surface area (Å²) in [7, 11) is 1.53. The van der Waals surface area contributed by atoms with Gasteiger partial charge in [-0.3, -0.25) is 4.79 Å². The van der Waals surface area contributed by atoms with Crippen LogP contribution in [0.25, 0.3) is 0 Å². The standard InChI is InChI=1S/C28H28FN3O3S/c1-16-9-11-22(17(2)13-16)31-27(33)25-18(3)30-28(36)32-26(25)19-10-12-23(24(14-19)34-4)35-15-20-7-5-6-8-21(20)29/h5-14,26H,15H2,1-4H3,(H,31,33)(H2,30,32,36). The first kappa shape index (κ1) is 25.2. The Balaban J connectivity index is 1.61. The molecule has 3 N–H and O–H groups in total. The summed E-state index contributed by atoms with van der Waals surface area (Å²) in [6, 6.07) is 17.2. The molecule has 0 radical (unpaired) electrons. The molecule has 0 aromatic heterocycles. The second-order valence-electron chi connectivity index (χ2n) is 8.63. The van der Waals surface area contributed by atoms with Gasteiger partial charge in [-0.15, -0.1) is 0 Å². The first-order chi connectivity index (χ1) is 17.3. The molecule has 3 aromatic carbocycles. The molecule has 0 fully saturated rings. The molecule has 0 spiro atoms. The fourth-order valence-electron chi connectivity index (χ4n) is 4.14. The van der Waals surface area contributed by atoms with Crippen molar-refractivity contribution >= 4 is 28.9 Å². The minimum Gasteiger partial charge on any atom is -0.493 e. The Morgan fingerprint density at radius 3 is 2.56 bits per heavy atom. The Bertz CT molecular complexity index is 1360. The quantitative estimate of drug-likeness (QED) is 0.371. The number of benzene rings is 3. The van der Waals surface area contributed by atoms with Gasteiger partial charge in [0.1, 0.15) is 12.4 Å². The van der Waals surface area contributed by atoms with Crippen LogP contribution in [0.3, 0.4) is 0 Å². The average molecular weight is 506 g/mol. The number of anilines is 1. The van der Waals surface area contributed by atoms with Crippen LogP contribution in [-0.2, 0) is 11.4 Å². The van der Waals surface area contributed by atoms with Gasteiger partial charge in [0.05, 0.1) is 18.7 Å². The van der Waals surface area contributed by atoms with Crippen molar-refractivity contribution < 1.29 is 18.7 Å². The van der Waals surface area contributed by atoms with Crippen LogP contribution in [0.15, 0.2) is 71.9 Å². The van der Waals surface area contributed by atoms with Crippen LogP contribution in [0, 0.1) is 19.7 Å². The maximum Gasteiger partial charge on any atom is 0.255 e. The lowest BCUT2D eigenvalue weighted by molar-refractivity contribution is -0.113. The van der Waals surface area contributed by atoms with E-state index in [-0.39, 0.29) is 18.3 Å². The molecule has 3 aromatic rings. The molecular weight excluding hydrogens is 477 g/mol. The van der Waals surface area contributed by atoms with E-state index in [0.717, 1.165) is 22.4 Å². The zero-order chi connectivity index (χ0) is 25.8. The van der Waals surface area contributed by atoms with Gasteiger partial charge in [0, 0.05) is 16.9 Å². The highest BCUT2D eigenvalue weighted by Crippen LogP contribution is 2.35. The summed E-state index contributed by atoms with van der Waals surface area (Å²) >= 11 is 5.38. The zero-order valence-corrected chi connectivity index (χ0v) is 21.4. The van der Waals surface area contributed by atoms with Crippen molar-refractivity contribution in [1.82, 2.24) is 10.6 Å². The van der Waals surface area contributed by atoms with Crippen LogP contribution in [0.1, 0.15) is 35.2 Å². The summed E-state index contributed by atoms with van der Waals surface area (Å²) in [6.07, 6.45) is 0. The molecule has 6 nitrogen and oxygen atoms in total. The number of methoxy groups -OCH3 is 1. The third-order valence-electron chi connectivity index (χ3n) is 6.01. The molecule has 36 heavy (non-hydrogen) atoms. The van der Waals surface area contributed by atoms with Gasteiger partial charge in [0.15, 0.2) is 16.6 Å². The molecule has 4 rings (SSSR count). The third kappa shape index (κ3) is 5.49. The minimum atomic E-state index is -0.515. The summed E-state index contributed by atoms with van der Waals surface area (Å²) in [5, 5.41) is 9.69. The van der Waals surface area contributed by atoms with Crippen molar-refractivity contribution in [2.45, 2.75) is 33.4 Å². The molecule has 0 saturated heterocycles. The number of amides is 1. The summed E-state index contributed by atoms with van der Waals surface area (Å²) in [5.74, 6) is 0.344. The van der Waals surface area contributed by atoms with E-state index in [4.69, 9.17) is 21.7 Å². The summed E-state index contributed by atoms with van der Waals surface area (Å²) in [5.41, 5.74) is 5.21. The van der Waals surface area contributed by atoms with Crippen LogP contribution in [0.4, 0.5) is 10.1 Å². The van der Waals surface area contributed by atoms with Gasteiger partial charge in [-0.25, -0.2) is 4.39 Å². The number of aryl methyl sites for hydroxylation is 2. The monoisotopic (exact) mass is 505 g/mol. The van der Waals surface area contributed by atoms with Crippen molar-refractivity contribution in [3.05, 3.63) is 100 Å². The van der Waals surface area contributed by atoms with Crippen LogP contribution < -0.4 is 25.4 Å². The van der Waals surface area contributed by atoms with Gasteiger partial charge in [0.2, 0.25) is 0 Å². The number of thiocarbonyl (C=S) groups is 1. The smallest absolute Gasteiger partial charge is 0.255 e. The lowest BCUT2D eigenvalue weighted by atomic mass is 9.94. The van der Waals surface area contributed by atoms with E-state index < -0.39 is 6.04 Å². The molecule has 1 amide bonds. The van der Waals surface area contributed by atoms with Gasteiger partial charge in [-0.05, 0) is 68.4 Å². The predicted molar refractivity (Wildman–Crippen MR) is 143 cm³/mol. The van der Waals surface area contributed by atoms with Gasteiger partial charge in [-0.2, -0.15) is 0 Å². The molecule has 0 bridgehead atoms. The second kappa shape index (κ2) is 10.8. The number of carbonyl (C=O) groups excluding carboxylic acids is 1. The van der Waals surface area contributed by atoms with Gasteiger partial charge >= 0.3 is 0 Å². The molecule has 186 valence electrons. The van der Waals surface area contributed by atoms with E-state index >= 15 is 0 Å². The number of hydrogen-bond donors (Lipinski definition) is 3. The third-order valence-corrected chi connectivity index (χ3v) is 6.23. The predicted octanol–water partition coefficient (Wildman–Crippen LogP) is 5.46. The first-order valence-electron chi connectivity index (χ1n) is 11.5. The fourth-order valence-corrected chi connectivity index (χ4v) is 4.41. The van der Waals surface area contributed by atoms with E-state index in [2.05, 4.69) is 16.0 Å². The number of carbonyl (C=O) groups is 1. The van der Waals surface area contributed by atoms with E-state index in [1.54, 1.807) is 30.3 Å². The Labute approximate surface area is 215 Å². The van der Waals surface area contributed by atoms with Crippen molar-refractivity contribution in [3.8, 4) is 11.5 Å². The van der Waals surface area contributed by atoms with Crippen LogP contribution >= 0.6 is 12.2 Å². The topological polar surface area (TPSA) is 71.6 Å². The van der Waals surface area contributed by atoms with E-state index in [1.165, 1.54) is 13.2 Å². The highest BCUT2D eigenvalue weighted by atomic mass is 32.1. The van der Waals surface area contributed by atoms with Crippen molar-refractivity contribution in [2.75, 3.05) is 12.4 Å². The van der Waals surface area contributed by atoms with E-state index in [1.807, 2.05) is 45.0 Å². The fraction of sp³-hybridized carbons (Fsp3) is 0.214. The number of ether oxygens (including phenoxy) is 2. The van der Waals surface area contributed by atoms with Crippen LogP contribution in [-0.4, -0.2) is 18.1 Å². The highest BCUT2D eigenvalue weighted by Gasteiger charge is 2.31. The van der Waals surface area contributed by atoms with Crippen LogP contribution in [0.5, 0.6) is 11.5 Å². The molecule has 1 atom stereocenters. The zero-order valence-electron chi connectivity index (χ0n) is 20.6. The molecule has 1 unspecified atom stereocenters. The number of allylic oxidation sites excluding steroid dienone is 1. The number of rotatable bonds is 7. The Hall–Kier alpha value is -3.91. The van der Waals surface area contributed by atoms with E-state index in [0.29, 0.717) is 33.4 Å². The van der Waals surface area contributed by atoms with Crippen molar-refractivity contribution in [2.24, 2.45) is 0 Å². The highest BCUT2D eigenvalue weighted by molar-refractivity contribution is 7.80. The molecule has 0 aliphatic carbocycles. The van der Waals surface area contributed by atoms with Gasteiger partial charge in [0.25, 0.3) is 5.91 Å². The molecule has 8 heteroatoms. The lowest BCUT2D eigenvalue weighted by Gasteiger charge is -2.31. The maximum absolute atomic E-state index is 14.0. The number of halogens is 1. The normalized spacial score (nSPS) is 15.1. The SMILES string of the molecule is COc1cc(C2NC(=S)NC(C)=C2C(=O)Nc2ccc(C)cc2C)ccc1OCc1ccccc1F. The molecule has 1 aliphatic heterocycles. The Kier molecular flexibility index (Phi) is 7.55. The van der Waals surface area contributed by atoms with Gasteiger partial charge < -0.3 is 25.4 Å². The summed E-state index contributed by atoms with van der Waals surface area (Å²) < 4.78 is 25.4. The molecule has 1 heterocycles. The van der Waals surface area contributed by atoms with E-state index in [9.17, 15) is 9.18 Å². The second-order valence-corrected chi connectivity index (χ2v) is 9.04. The molecule has 1 aliphatic rings. The van der Waals surface area contributed by atoms with Crippen LogP contribution in [0.2, 0.25) is 0 Å². The summed E-state index contributed by atoms with van der Waals surface area (Å²) in [6.45, 7) is 5.84. The molecule has 0 saturated carbocycles. The van der Waals surface area contributed by atoms with Crippen molar-refractivity contribution in [3.63, 3.8) is 0 Å². The number of nitrogens with one attached hydrogen (secondary N) is 3. The largest absolute Gasteiger partial charge is 0.493 e. The Morgan fingerprint density at radius 2 is 1.83 bits per heavy atom. The first-order valence-corrected chi connectivity index (χ1v) is 11.9. The average Bonchev–Trinajstić information content (AvgIpc) is 2.84. The Morgan fingerprint density at radius 1 is 1.06 bits per heavy atom. The maximum atomic E-state index is 14.0. The molecular formula is C28H28FN3O3S. The lowest BCUT2D eigenvalue weighted by Crippen LogP contribution is -2.45. The number of hydrogen-bond acceptors (Lipinski definition) is 4. The minimum absolute atomic E-state index is 0.0562. The van der Waals surface area contributed by atoms with Crippen molar-refractivity contribution in [1.29, 1.82) is 0 Å².